The van der Waals surface area contributed by atoms with Crippen LogP contribution in [0.3, 0.4) is 0 Å². The van der Waals surface area contributed by atoms with Crippen molar-refractivity contribution >= 4 is 10.1 Å². The molecule has 0 unspecified atom stereocenters. The average molecular weight is 228 g/mol. The summed E-state index contributed by atoms with van der Waals surface area (Å²) in [4.78, 5) is 0. The molecule has 6 heteroatoms. The van der Waals surface area contributed by atoms with Crippen LogP contribution in [0.15, 0.2) is 0 Å². The van der Waals surface area contributed by atoms with Gasteiger partial charge in [0.05, 0.1) is 5.25 Å². The highest BCUT2D eigenvalue weighted by molar-refractivity contribution is 7.86. The van der Waals surface area contributed by atoms with Crippen molar-refractivity contribution in [3.63, 3.8) is 0 Å². The highest BCUT2D eigenvalue weighted by atomic mass is 32.2. The molecule has 1 saturated carbocycles. The van der Waals surface area contributed by atoms with Crippen molar-refractivity contribution in [3.05, 3.63) is 0 Å². The maximum atomic E-state index is 10.5. The Kier molecular flexibility index (Phi) is 10.9. The SMILES string of the molecule is CO.CO.O=S(=O)(O)C1CCCCC1. The molecule has 0 saturated heterocycles. The minimum Gasteiger partial charge on any atom is -0.400 e. The number of rotatable bonds is 1. The van der Waals surface area contributed by atoms with Crippen molar-refractivity contribution in [2.75, 3.05) is 14.2 Å². The lowest BCUT2D eigenvalue weighted by Crippen LogP contribution is -2.22. The third-order valence-electron chi connectivity index (χ3n) is 1.97. The van der Waals surface area contributed by atoms with Crippen LogP contribution in [0, 0.1) is 0 Å². The maximum Gasteiger partial charge on any atom is 0.267 e. The maximum absolute atomic E-state index is 10.5. The van der Waals surface area contributed by atoms with E-state index in [4.69, 9.17) is 14.8 Å². The summed E-state index contributed by atoms with van der Waals surface area (Å²) in [6, 6.07) is 0. The van der Waals surface area contributed by atoms with Crippen LogP contribution in [0.1, 0.15) is 32.1 Å². The number of aliphatic hydroxyl groups is 2. The van der Waals surface area contributed by atoms with Crippen LogP contribution in [-0.2, 0) is 10.1 Å². The van der Waals surface area contributed by atoms with Crippen molar-refractivity contribution < 1.29 is 23.2 Å². The first kappa shape index (κ1) is 16.3. The van der Waals surface area contributed by atoms with Gasteiger partial charge in [0, 0.05) is 14.2 Å². The van der Waals surface area contributed by atoms with Crippen molar-refractivity contribution in [2.45, 2.75) is 37.4 Å². The Bertz CT molecular complexity index is 194. The molecule has 1 aliphatic rings. The Morgan fingerprint density at radius 3 is 1.50 bits per heavy atom. The standard InChI is InChI=1S/C6H12O3S.2CH4O/c7-10(8,9)6-4-2-1-3-5-6;2*1-2/h6H,1-5H2,(H,7,8,9);2*2H,1H3. The Hall–Kier alpha value is -0.170. The van der Waals surface area contributed by atoms with Crippen LogP contribution in [0.2, 0.25) is 0 Å². The number of hydrogen-bond donors (Lipinski definition) is 3. The predicted molar refractivity (Wildman–Crippen MR) is 54.7 cm³/mol. The monoisotopic (exact) mass is 228 g/mol. The fourth-order valence-electron chi connectivity index (χ4n) is 1.36. The van der Waals surface area contributed by atoms with Crippen molar-refractivity contribution in [1.29, 1.82) is 0 Å². The van der Waals surface area contributed by atoms with Gasteiger partial charge in [-0.2, -0.15) is 8.42 Å². The van der Waals surface area contributed by atoms with E-state index in [1.165, 1.54) is 0 Å². The minimum atomic E-state index is -3.73. The highest BCUT2D eigenvalue weighted by Gasteiger charge is 2.24. The predicted octanol–water partition coefficient (Wildman–Crippen LogP) is 0.424. The van der Waals surface area contributed by atoms with Gasteiger partial charge in [-0.3, -0.25) is 4.55 Å². The van der Waals surface area contributed by atoms with Gasteiger partial charge < -0.3 is 10.2 Å². The van der Waals surface area contributed by atoms with Gasteiger partial charge in [-0.05, 0) is 12.8 Å². The van der Waals surface area contributed by atoms with E-state index in [-0.39, 0.29) is 0 Å². The first-order valence-electron chi connectivity index (χ1n) is 4.46. The third kappa shape index (κ3) is 7.25. The van der Waals surface area contributed by atoms with E-state index in [9.17, 15) is 8.42 Å². The molecule has 0 aromatic heterocycles. The second-order valence-electron chi connectivity index (χ2n) is 2.77. The van der Waals surface area contributed by atoms with Gasteiger partial charge in [0.15, 0.2) is 0 Å². The molecule has 0 aromatic carbocycles. The fraction of sp³-hybridized carbons (Fsp3) is 1.00. The molecule has 0 amide bonds. The average Bonchev–Trinajstić information content (AvgIpc) is 2.24. The number of aliphatic hydroxyl groups excluding tert-OH is 2. The van der Waals surface area contributed by atoms with Gasteiger partial charge in [0.1, 0.15) is 0 Å². The van der Waals surface area contributed by atoms with Crippen molar-refractivity contribution in [1.82, 2.24) is 0 Å². The number of hydrogen-bond acceptors (Lipinski definition) is 4. The van der Waals surface area contributed by atoms with Gasteiger partial charge >= 0.3 is 0 Å². The van der Waals surface area contributed by atoms with Crippen LogP contribution in [0.25, 0.3) is 0 Å². The quantitative estimate of drug-likeness (QED) is 0.565. The van der Waals surface area contributed by atoms with E-state index in [0.29, 0.717) is 12.8 Å². The molecular weight excluding hydrogens is 208 g/mol. The largest absolute Gasteiger partial charge is 0.400 e. The van der Waals surface area contributed by atoms with Crippen LogP contribution >= 0.6 is 0 Å². The van der Waals surface area contributed by atoms with E-state index in [1.54, 1.807) is 0 Å². The Morgan fingerprint density at radius 2 is 1.29 bits per heavy atom. The second-order valence-corrected chi connectivity index (χ2v) is 4.47. The molecule has 0 radical (unpaired) electrons. The zero-order valence-corrected chi connectivity index (χ0v) is 9.50. The Morgan fingerprint density at radius 1 is 0.929 bits per heavy atom. The van der Waals surface area contributed by atoms with E-state index in [1.807, 2.05) is 0 Å². The topological polar surface area (TPSA) is 94.8 Å². The van der Waals surface area contributed by atoms with E-state index in [2.05, 4.69) is 0 Å². The van der Waals surface area contributed by atoms with E-state index < -0.39 is 15.4 Å². The van der Waals surface area contributed by atoms with Gasteiger partial charge in [0.2, 0.25) is 0 Å². The molecule has 1 fully saturated rings. The highest BCUT2D eigenvalue weighted by Crippen LogP contribution is 2.22. The van der Waals surface area contributed by atoms with E-state index >= 15 is 0 Å². The molecule has 0 aromatic rings. The summed E-state index contributed by atoms with van der Waals surface area (Å²) < 4.78 is 29.7. The second kappa shape index (κ2) is 9.39. The summed E-state index contributed by atoms with van der Waals surface area (Å²) in [5, 5.41) is 13.5. The summed E-state index contributed by atoms with van der Waals surface area (Å²) >= 11 is 0. The van der Waals surface area contributed by atoms with Crippen LogP contribution in [-0.4, -0.2) is 42.7 Å². The van der Waals surface area contributed by atoms with Gasteiger partial charge in [-0.25, -0.2) is 0 Å². The first-order chi connectivity index (χ1) is 6.61. The minimum absolute atomic E-state index is 0.471. The van der Waals surface area contributed by atoms with Crippen LogP contribution in [0.5, 0.6) is 0 Å². The fourth-order valence-corrected chi connectivity index (χ4v) is 2.29. The van der Waals surface area contributed by atoms with Gasteiger partial charge in [-0.1, -0.05) is 19.3 Å². The first-order valence-corrected chi connectivity index (χ1v) is 5.97. The van der Waals surface area contributed by atoms with Gasteiger partial charge in [0.25, 0.3) is 10.1 Å². The smallest absolute Gasteiger partial charge is 0.267 e. The van der Waals surface area contributed by atoms with Crippen LogP contribution < -0.4 is 0 Å². The summed E-state index contributed by atoms with van der Waals surface area (Å²) in [7, 11) is -1.73. The lowest BCUT2D eigenvalue weighted by atomic mass is 10.0. The van der Waals surface area contributed by atoms with Crippen LogP contribution in [0.4, 0.5) is 0 Å². The third-order valence-corrected chi connectivity index (χ3v) is 3.29. The molecule has 14 heavy (non-hydrogen) atoms. The molecule has 0 aliphatic heterocycles. The van der Waals surface area contributed by atoms with E-state index in [0.717, 1.165) is 33.5 Å². The molecule has 0 atom stereocenters. The zero-order chi connectivity index (χ0) is 11.6. The summed E-state index contributed by atoms with van der Waals surface area (Å²) in [5.41, 5.74) is 0. The van der Waals surface area contributed by atoms with Crippen molar-refractivity contribution in [3.8, 4) is 0 Å². The molecule has 5 nitrogen and oxygen atoms in total. The zero-order valence-electron chi connectivity index (χ0n) is 8.68. The molecule has 0 heterocycles. The Labute approximate surface area is 85.5 Å². The Balaban J connectivity index is 0. The lowest BCUT2D eigenvalue weighted by Gasteiger charge is -2.17. The molecule has 88 valence electrons. The normalized spacial score (nSPS) is 17.2. The molecule has 0 spiro atoms. The molecular formula is C8H20O5S. The lowest BCUT2D eigenvalue weighted by molar-refractivity contribution is 0.399. The molecule has 3 N–H and O–H groups in total. The molecule has 1 aliphatic carbocycles. The summed E-state index contributed by atoms with van der Waals surface area (Å²) in [6.45, 7) is 0. The summed E-state index contributed by atoms with van der Waals surface area (Å²) in [6.07, 6.45) is 4.25. The van der Waals surface area contributed by atoms with Crippen molar-refractivity contribution in [2.24, 2.45) is 0 Å². The molecule has 1 rings (SSSR count). The summed E-state index contributed by atoms with van der Waals surface area (Å²) in [5.74, 6) is 0. The molecule has 0 bridgehead atoms. The van der Waals surface area contributed by atoms with Gasteiger partial charge in [-0.15, -0.1) is 0 Å².